The minimum absolute atomic E-state index is 0.00446. The van der Waals surface area contributed by atoms with Crippen molar-refractivity contribution in [2.45, 2.75) is 4.90 Å². The average Bonchev–Trinajstić information content (AvgIpc) is 2.88. The molecule has 1 amide bonds. The SMILES string of the molecule is O=C(c1ccc2ccccc2c1)N1CCN(c2ccc(NS(=O)(=O)c3ccc(F)cc3)cc2)CC1. The number of benzene rings is 4. The van der Waals surface area contributed by atoms with Crippen molar-refractivity contribution in [3.05, 3.63) is 102 Å². The largest absolute Gasteiger partial charge is 0.368 e. The summed E-state index contributed by atoms with van der Waals surface area (Å²) in [5.41, 5.74) is 2.06. The number of fused-ring (bicyclic) bond motifs is 1. The van der Waals surface area contributed by atoms with Crippen LogP contribution >= 0.6 is 0 Å². The second-order valence-corrected chi connectivity index (χ2v) is 10.1. The Labute approximate surface area is 203 Å². The van der Waals surface area contributed by atoms with Crippen LogP contribution < -0.4 is 9.62 Å². The maximum atomic E-state index is 13.1. The average molecular weight is 490 g/mol. The molecule has 1 heterocycles. The van der Waals surface area contributed by atoms with Gasteiger partial charge in [0, 0.05) is 43.1 Å². The Bertz CT molecular complexity index is 1460. The Balaban J connectivity index is 1.20. The van der Waals surface area contributed by atoms with E-state index in [0.29, 0.717) is 37.4 Å². The number of rotatable bonds is 5. The number of piperazine rings is 1. The number of anilines is 2. The Morgan fingerprint density at radius 1 is 0.771 bits per heavy atom. The van der Waals surface area contributed by atoms with Gasteiger partial charge in [-0.1, -0.05) is 30.3 Å². The molecule has 5 rings (SSSR count). The lowest BCUT2D eigenvalue weighted by atomic mass is 10.1. The highest BCUT2D eigenvalue weighted by atomic mass is 32.2. The first-order valence-corrected chi connectivity index (χ1v) is 12.8. The van der Waals surface area contributed by atoms with Gasteiger partial charge in [0.1, 0.15) is 5.82 Å². The second kappa shape index (κ2) is 9.38. The van der Waals surface area contributed by atoms with Gasteiger partial charge < -0.3 is 9.80 Å². The molecule has 1 fully saturated rings. The summed E-state index contributed by atoms with van der Waals surface area (Å²) in [6.45, 7) is 2.56. The van der Waals surface area contributed by atoms with Crippen LogP contribution in [0.25, 0.3) is 10.8 Å². The van der Waals surface area contributed by atoms with Gasteiger partial charge in [-0.15, -0.1) is 0 Å². The van der Waals surface area contributed by atoms with E-state index < -0.39 is 15.8 Å². The van der Waals surface area contributed by atoms with Crippen LogP contribution in [0.5, 0.6) is 0 Å². The number of carbonyl (C=O) groups is 1. The van der Waals surface area contributed by atoms with Gasteiger partial charge in [-0.25, -0.2) is 12.8 Å². The predicted octanol–water partition coefficient (Wildman–Crippen LogP) is 4.74. The Morgan fingerprint density at radius 2 is 1.43 bits per heavy atom. The Hall–Kier alpha value is -3.91. The van der Waals surface area contributed by atoms with Gasteiger partial charge in [0.25, 0.3) is 15.9 Å². The molecule has 178 valence electrons. The molecule has 0 radical (unpaired) electrons. The fraction of sp³-hybridized carbons (Fsp3) is 0.148. The second-order valence-electron chi connectivity index (χ2n) is 8.45. The third-order valence-electron chi connectivity index (χ3n) is 6.17. The summed E-state index contributed by atoms with van der Waals surface area (Å²) in [4.78, 5) is 17.1. The van der Waals surface area contributed by atoms with Gasteiger partial charge in [0.05, 0.1) is 4.90 Å². The summed E-state index contributed by atoms with van der Waals surface area (Å²) in [7, 11) is -3.80. The number of halogens is 1. The van der Waals surface area contributed by atoms with Crippen LogP contribution in [-0.4, -0.2) is 45.4 Å². The normalized spacial score (nSPS) is 14.2. The van der Waals surface area contributed by atoms with Gasteiger partial charge >= 0.3 is 0 Å². The minimum Gasteiger partial charge on any atom is -0.368 e. The first-order chi connectivity index (χ1) is 16.9. The predicted molar refractivity (Wildman–Crippen MR) is 136 cm³/mol. The third-order valence-corrected chi connectivity index (χ3v) is 7.57. The Kier molecular flexibility index (Phi) is 6.13. The molecule has 0 bridgehead atoms. The van der Waals surface area contributed by atoms with Crippen LogP contribution in [0, 0.1) is 5.82 Å². The smallest absolute Gasteiger partial charge is 0.261 e. The number of sulfonamides is 1. The maximum absolute atomic E-state index is 13.1. The van der Waals surface area contributed by atoms with Crippen molar-refractivity contribution in [2.24, 2.45) is 0 Å². The van der Waals surface area contributed by atoms with E-state index in [9.17, 15) is 17.6 Å². The molecular weight excluding hydrogens is 465 g/mol. The van der Waals surface area contributed by atoms with Crippen molar-refractivity contribution in [3.63, 3.8) is 0 Å². The number of carbonyl (C=O) groups excluding carboxylic acids is 1. The van der Waals surface area contributed by atoms with E-state index in [4.69, 9.17) is 0 Å². The van der Waals surface area contributed by atoms with Crippen molar-refractivity contribution in [3.8, 4) is 0 Å². The standard InChI is InChI=1S/C27H24FN3O3S/c28-23-7-13-26(14-8-23)35(33,34)29-24-9-11-25(12-10-24)30-15-17-31(18-16-30)27(32)22-6-5-20-3-1-2-4-21(20)19-22/h1-14,19,29H,15-18H2. The van der Waals surface area contributed by atoms with Crippen LogP contribution in [0.15, 0.2) is 95.9 Å². The summed E-state index contributed by atoms with van der Waals surface area (Å²) in [6.07, 6.45) is 0. The van der Waals surface area contributed by atoms with E-state index in [-0.39, 0.29) is 10.8 Å². The first kappa shape index (κ1) is 22.9. The van der Waals surface area contributed by atoms with E-state index in [1.54, 1.807) is 12.1 Å². The van der Waals surface area contributed by atoms with E-state index in [2.05, 4.69) is 9.62 Å². The zero-order valence-electron chi connectivity index (χ0n) is 18.9. The monoisotopic (exact) mass is 489 g/mol. The molecule has 0 spiro atoms. The number of nitrogens with one attached hydrogen (secondary N) is 1. The first-order valence-electron chi connectivity index (χ1n) is 11.3. The zero-order chi connectivity index (χ0) is 24.4. The number of amides is 1. The molecule has 1 aliphatic rings. The molecule has 1 saturated heterocycles. The van der Waals surface area contributed by atoms with Gasteiger partial charge in [-0.2, -0.15) is 0 Å². The number of hydrogen-bond acceptors (Lipinski definition) is 4. The topological polar surface area (TPSA) is 69.7 Å². The van der Waals surface area contributed by atoms with Crippen molar-refractivity contribution >= 4 is 38.1 Å². The molecule has 0 aromatic heterocycles. The third kappa shape index (κ3) is 4.97. The van der Waals surface area contributed by atoms with Gasteiger partial charge in [-0.3, -0.25) is 9.52 Å². The molecule has 0 aliphatic carbocycles. The van der Waals surface area contributed by atoms with E-state index in [1.807, 2.05) is 59.5 Å². The molecule has 8 heteroatoms. The van der Waals surface area contributed by atoms with Crippen LogP contribution in [0.1, 0.15) is 10.4 Å². The molecule has 35 heavy (non-hydrogen) atoms. The van der Waals surface area contributed by atoms with Gasteiger partial charge in [0.2, 0.25) is 0 Å². The summed E-state index contributed by atoms with van der Waals surface area (Å²) < 4.78 is 40.6. The molecule has 6 nitrogen and oxygen atoms in total. The summed E-state index contributed by atoms with van der Waals surface area (Å²) >= 11 is 0. The molecule has 4 aromatic carbocycles. The highest BCUT2D eigenvalue weighted by molar-refractivity contribution is 7.92. The zero-order valence-corrected chi connectivity index (χ0v) is 19.7. The molecule has 1 N–H and O–H groups in total. The fourth-order valence-electron chi connectivity index (χ4n) is 4.24. The lowest BCUT2D eigenvalue weighted by molar-refractivity contribution is 0.0747. The van der Waals surface area contributed by atoms with E-state index in [0.717, 1.165) is 28.6 Å². The minimum atomic E-state index is -3.80. The van der Waals surface area contributed by atoms with Crippen LogP contribution in [-0.2, 0) is 10.0 Å². The lowest BCUT2D eigenvalue weighted by Gasteiger charge is -2.36. The highest BCUT2D eigenvalue weighted by Gasteiger charge is 2.23. The molecule has 4 aromatic rings. The van der Waals surface area contributed by atoms with Crippen molar-refractivity contribution in [1.29, 1.82) is 0 Å². The van der Waals surface area contributed by atoms with Crippen LogP contribution in [0.3, 0.4) is 0 Å². The number of nitrogens with zero attached hydrogens (tertiary/aromatic N) is 2. The van der Waals surface area contributed by atoms with Gasteiger partial charge in [0.15, 0.2) is 0 Å². The summed E-state index contributed by atoms with van der Waals surface area (Å²) in [6, 6.07) is 25.6. The van der Waals surface area contributed by atoms with Gasteiger partial charge in [-0.05, 0) is 71.4 Å². The molecule has 0 atom stereocenters. The highest BCUT2D eigenvalue weighted by Crippen LogP contribution is 2.23. The van der Waals surface area contributed by atoms with Crippen molar-refractivity contribution < 1.29 is 17.6 Å². The van der Waals surface area contributed by atoms with Crippen molar-refractivity contribution in [1.82, 2.24) is 4.90 Å². The maximum Gasteiger partial charge on any atom is 0.261 e. The van der Waals surface area contributed by atoms with Crippen LogP contribution in [0.4, 0.5) is 15.8 Å². The molecular formula is C27H24FN3O3S. The summed E-state index contributed by atoms with van der Waals surface area (Å²) in [5.74, 6) is -0.465. The van der Waals surface area contributed by atoms with Crippen LogP contribution in [0.2, 0.25) is 0 Å². The number of hydrogen-bond donors (Lipinski definition) is 1. The quantitative estimate of drug-likeness (QED) is 0.440. The van der Waals surface area contributed by atoms with E-state index >= 15 is 0 Å². The fourth-order valence-corrected chi connectivity index (χ4v) is 5.30. The molecule has 0 saturated carbocycles. The van der Waals surface area contributed by atoms with Crippen molar-refractivity contribution in [2.75, 3.05) is 35.8 Å². The Morgan fingerprint density at radius 3 is 2.11 bits per heavy atom. The molecule has 1 aliphatic heterocycles. The summed E-state index contributed by atoms with van der Waals surface area (Å²) in [5, 5.41) is 2.16. The molecule has 0 unspecified atom stereocenters. The van der Waals surface area contributed by atoms with E-state index in [1.165, 1.54) is 12.1 Å². The lowest BCUT2D eigenvalue weighted by Crippen LogP contribution is -2.48.